The summed E-state index contributed by atoms with van der Waals surface area (Å²) in [5.41, 5.74) is 1.45. The van der Waals surface area contributed by atoms with Gasteiger partial charge in [0.1, 0.15) is 11.5 Å². The lowest BCUT2D eigenvalue weighted by atomic mass is 10.2. The molecule has 0 atom stereocenters. The van der Waals surface area contributed by atoms with Crippen LogP contribution in [0.5, 0.6) is 17.2 Å². The van der Waals surface area contributed by atoms with Crippen LogP contribution in [0, 0.1) is 0 Å². The molecule has 0 saturated heterocycles. The Balaban J connectivity index is 1.53. The molecule has 0 aliphatic rings. The van der Waals surface area contributed by atoms with Crippen LogP contribution in [0.1, 0.15) is 6.42 Å². The topological polar surface area (TPSA) is 59.6 Å². The van der Waals surface area contributed by atoms with Crippen molar-refractivity contribution in [3.63, 3.8) is 0 Å². The fraction of sp³-hybridized carbons (Fsp3) is 0.136. The van der Waals surface area contributed by atoms with Crippen molar-refractivity contribution >= 4 is 28.9 Å². The summed E-state index contributed by atoms with van der Waals surface area (Å²) in [7, 11) is 1.55. The standard InChI is InChI=1S/C22H21ClN2O3/c1-27-20-12-11-16(15-18(20)23)25-22(26)13-14-24-19-9-5-6-10-21(19)28-17-7-3-2-4-8-17/h2-12,15,24H,13-14H2,1H3,(H,25,26). The average Bonchev–Trinajstić information content (AvgIpc) is 2.70. The van der Waals surface area contributed by atoms with Crippen molar-refractivity contribution in [3.05, 3.63) is 77.8 Å². The molecule has 0 aliphatic carbocycles. The summed E-state index contributed by atoms with van der Waals surface area (Å²) in [6.45, 7) is 0.463. The molecule has 3 aromatic rings. The third kappa shape index (κ3) is 5.41. The lowest BCUT2D eigenvalue weighted by Gasteiger charge is -2.13. The molecule has 0 bridgehead atoms. The SMILES string of the molecule is COc1ccc(NC(=O)CCNc2ccccc2Oc2ccccc2)cc1Cl. The maximum absolute atomic E-state index is 12.2. The lowest BCUT2D eigenvalue weighted by Crippen LogP contribution is -2.16. The number of nitrogens with one attached hydrogen (secondary N) is 2. The number of rotatable bonds is 8. The number of hydrogen-bond donors (Lipinski definition) is 2. The summed E-state index contributed by atoms with van der Waals surface area (Å²) in [5, 5.41) is 6.52. The van der Waals surface area contributed by atoms with Crippen molar-refractivity contribution in [1.82, 2.24) is 0 Å². The molecule has 0 heterocycles. The van der Waals surface area contributed by atoms with Crippen LogP contribution < -0.4 is 20.1 Å². The van der Waals surface area contributed by atoms with E-state index in [9.17, 15) is 4.79 Å². The second-order valence-corrected chi connectivity index (χ2v) is 6.39. The van der Waals surface area contributed by atoms with Crippen molar-refractivity contribution in [2.24, 2.45) is 0 Å². The van der Waals surface area contributed by atoms with Crippen LogP contribution in [0.15, 0.2) is 72.8 Å². The van der Waals surface area contributed by atoms with E-state index >= 15 is 0 Å². The lowest BCUT2D eigenvalue weighted by molar-refractivity contribution is -0.115. The van der Waals surface area contributed by atoms with Crippen molar-refractivity contribution in [1.29, 1.82) is 0 Å². The van der Waals surface area contributed by atoms with Gasteiger partial charge >= 0.3 is 0 Å². The van der Waals surface area contributed by atoms with E-state index in [-0.39, 0.29) is 5.91 Å². The summed E-state index contributed by atoms with van der Waals surface area (Å²) in [4.78, 5) is 12.2. The Labute approximate surface area is 169 Å². The second kappa shape index (κ2) is 9.67. The van der Waals surface area contributed by atoms with Gasteiger partial charge in [-0.05, 0) is 42.5 Å². The van der Waals surface area contributed by atoms with Gasteiger partial charge in [-0.15, -0.1) is 0 Å². The normalized spacial score (nSPS) is 10.2. The molecule has 0 fully saturated rings. The van der Waals surface area contributed by atoms with Gasteiger partial charge in [0, 0.05) is 18.7 Å². The van der Waals surface area contributed by atoms with Gasteiger partial charge in [-0.1, -0.05) is 41.9 Å². The van der Waals surface area contributed by atoms with E-state index in [1.54, 1.807) is 25.3 Å². The van der Waals surface area contributed by atoms with Gasteiger partial charge < -0.3 is 20.1 Å². The van der Waals surface area contributed by atoms with Gasteiger partial charge in [-0.2, -0.15) is 0 Å². The van der Waals surface area contributed by atoms with E-state index < -0.39 is 0 Å². The number of methoxy groups -OCH3 is 1. The first-order chi connectivity index (χ1) is 13.7. The highest BCUT2D eigenvalue weighted by molar-refractivity contribution is 6.32. The second-order valence-electron chi connectivity index (χ2n) is 5.99. The van der Waals surface area contributed by atoms with Gasteiger partial charge in [-0.3, -0.25) is 4.79 Å². The van der Waals surface area contributed by atoms with E-state index in [0.717, 1.165) is 11.4 Å². The van der Waals surface area contributed by atoms with E-state index in [4.69, 9.17) is 21.1 Å². The van der Waals surface area contributed by atoms with Gasteiger partial charge in [0.2, 0.25) is 5.91 Å². The molecular formula is C22H21ClN2O3. The van der Waals surface area contributed by atoms with Crippen LogP contribution in [0.25, 0.3) is 0 Å². The largest absolute Gasteiger partial charge is 0.495 e. The molecule has 0 aromatic heterocycles. The van der Waals surface area contributed by atoms with Crippen LogP contribution in [-0.2, 0) is 4.79 Å². The first-order valence-electron chi connectivity index (χ1n) is 8.85. The molecule has 0 radical (unpaired) electrons. The Bertz CT molecular complexity index is 932. The van der Waals surface area contributed by atoms with Crippen LogP contribution in [0.2, 0.25) is 5.02 Å². The van der Waals surface area contributed by atoms with Crippen molar-refractivity contribution in [2.45, 2.75) is 6.42 Å². The number of para-hydroxylation sites is 3. The zero-order valence-electron chi connectivity index (χ0n) is 15.4. The molecule has 2 N–H and O–H groups in total. The summed E-state index contributed by atoms with van der Waals surface area (Å²) < 4.78 is 11.0. The minimum atomic E-state index is -0.116. The van der Waals surface area contributed by atoms with Gasteiger partial charge in [-0.25, -0.2) is 0 Å². The van der Waals surface area contributed by atoms with Crippen LogP contribution in [0.3, 0.4) is 0 Å². The van der Waals surface area contributed by atoms with Crippen molar-refractivity contribution in [3.8, 4) is 17.2 Å². The zero-order valence-corrected chi connectivity index (χ0v) is 16.2. The predicted molar refractivity (Wildman–Crippen MR) is 113 cm³/mol. The molecule has 0 unspecified atom stereocenters. The summed E-state index contributed by atoms with van der Waals surface area (Å²) >= 11 is 6.08. The molecule has 1 amide bonds. The van der Waals surface area contributed by atoms with Crippen molar-refractivity contribution in [2.75, 3.05) is 24.3 Å². The molecule has 0 spiro atoms. The molecule has 3 aromatic carbocycles. The molecule has 3 rings (SSSR count). The monoisotopic (exact) mass is 396 g/mol. The Morgan fingerprint density at radius 3 is 2.46 bits per heavy atom. The zero-order chi connectivity index (χ0) is 19.8. The number of hydrogen-bond acceptors (Lipinski definition) is 4. The maximum atomic E-state index is 12.2. The summed E-state index contributed by atoms with van der Waals surface area (Å²) in [6.07, 6.45) is 0.295. The van der Waals surface area contributed by atoms with E-state index in [1.807, 2.05) is 54.6 Å². The van der Waals surface area contributed by atoms with Gasteiger partial charge in [0.05, 0.1) is 17.8 Å². The Kier molecular flexibility index (Phi) is 6.76. The van der Waals surface area contributed by atoms with Crippen LogP contribution >= 0.6 is 11.6 Å². The Morgan fingerprint density at radius 1 is 0.964 bits per heavy atom. The number of carbonyl (C=O) groups excluding carboxylic acids is 1. The number of ether oxygens (including phenoxy) is 2. The van der Waals surface area contributed by atoms with E-state index in [0.29, 0.717) is 35.2 Å². The minimum absolute atomic E-state index is 0.116. The third-order valence-corrected chi connectivity index (χ3v) is 4.26. The van der Waals surface area contributed by atoms with Gasteiger partial charge in [0.15, 0.2) is 5.75 Å². The fourth-order valence-electron chi connectivity index (χ4n) is 2.60. The smallest absolute Gasteiger partial charge is 0.226 e. The summed E-state index contributed by atoms with van der Waals surface area (Å²) in [5.74, 6) is 1.91. The molecule has 0 saturated carbocycles. The first-order valence-corrected chi connectivity index (χ1v) is 9.22. The maximum Gasteiger partial charge on any atom is 0.226 e. The quantitative estimate of drug-likeness (QED) is 0.521. The molecule has 6 heteroatoms. The first kappa shape index (κ1) is 19.6. The predicted octanol–water partition coefficient (Wildman–Crippen LogP) is 5.58. The van der Waals surface area contributed by atoms with E-state index in [2.05, 4.69) is 10.6 Å². The van der Waals surface area contributed by atoms with Gasteiger partial charge in [0.25, 0.3) is 0 Å². The average molecular weight is 397 g/mol. The highest BCUT2D eigenvalue weighted by Gasteiger charge is 2.08. The number of anilines is 2. The van der Waals surface area contributed by atoms with Crippen LogP contribution in [-0.4, -0.2) is 19.6 Å². The Morgan fingerprint density at radius 2 is 1.71 bits per heavy atom. The molecular weight excluding hydrogens is 376 g/mol. The molecule has 0 aliphatic heterocycles. The molecule has 5 nitrogen and oxygen atoms in total. The number of amides is 1. The molecule has 144 valence electrons. The third-order valence-electron chi connectivity index (χ3n) is 3.96. The Hall–Kier alpha value is -3.18. The highest BCUT2D eigenvalue weighted by atomic mass is 35.5. The van der Waals surface area contributed by atoms with E-state index in [1.165, 1.54) is 0 Å². The number of halogens is 1. The highest BCUT2D eigenvalue weighted by Crippen LogP contribution is 2.29. The fourth-order valence-corrected chi connectivity index (χ4v) is 2.85. The van der Waals surface area contributed by atoms with Crippen LogP contribution in [0.4, 0.5) is 11.4 Å². The van der Waals surface area contributed by atoms with Crippen molar-refractivity contribution < 1.29 is 14.3 Å². The minimum Gasteiger partial charge on any atom is -0.495 e. The summed E-state index contributed by atoms with van der Waals surface area (Å²) in [6, 6.07) is 22.3. The molecule has 28 heavy (non-hydrogen) atoms. The number of carbonyl (C=O) groups is 1. The number of benzene rings is 3.